The lowest BCUT2D eigenvalue weighted by molar-refractivity contribution is -0.384. The standard InChI is InChI=1S/C13H17N3O4/c17-10-2-3-11(12(7-10)16(19)20)15-13(18)4-1-9-5-6-14-8-9/h2-3,7,9,14,17H,1,4-6,8H2,(H,15,18). The minimum absolute atomic E-state index is 0.113. The van der Waals surface area contributed by atoms with Gasteiger partial charge in [0.25, 0.3) is 5.69 Å². The Hall–Kier alpha value is -2.15. The number of nitrogens with one attached hydrogen (secondary N) is 2. The molecule has 20 heavy (non-hydrogen) atoms. The zero-order chi connectivity index (χ0) is 14.5. The number of hydrogen-bond acceptors (Lipinski definition) is 5. The highest BCUT2D eigenvalue weighted by Gasteiger charge is 2.19. The van der Waals surface area contributed by atoms with Crippen LogP contribution in [0.4, 0.5) is 11.4 Å². The quantitative estimate of drug-likeness (QED) is 0.431. The van der Waals surface area contributed by atoms with Crippen LogP contribution >= 0.6 is 0 Å². The van der Waals surface area contributed by atoms with Crippen molar-refractivity contribution in [3.8, 4) is 5.75 Å². The number of anilines is 1. The lowest BCUT2D eigenvalue weighted by Gasteiger charge is -2.09. The molecule has 0 aliphatic carbocycles. The van der Waals surface area contributed by atoms with E-state index >= 15 is 0 Å². The molecule has 1 unspecified atom stereocenters. The number of phenols is 1. The van der Waals surface area contributed by atoms with E-state index in [2.05, 4.69) is 10.6 Å². The van der Waals surface area contributed by atoms with Crippen molar-refractivity contribution >= 4 is 17.3 Å². The first-order valence-electron chi connectivity index (χ1n) is 6.54. The smallest absolute Gasteiger partial charge is 0.296 e. The summed E-state index contributed by atoms with van der Waals surface area (Å²) < 4.78 is 0. The molecule has 1 atom stereocenters. The van der Waals surface area contributed by atoms with Crippen molar-refractivity contribution in [1.29, 1.82) is 0 Å². The maximum Gasteiger partial charge on any atom is 0.296 e. The summed E-state index contributed by atoms with van der Waals surface area (Å²) in [6.07, 6.45) is 2.17. The number of nitro benzene ring substituents is 1. The van der Waals surface area contributed by atoms with Crippen molar-refractivity contribution in [2.24, 2.45) is 5.92 Å². The van der Waals surface area contributed by atoms with Crippen LogP contribution in [0.15, 0.2) is 18.2 Å². The van der Waals surface area contributed by atoms with E-state index in [0.29, 0.717) is 12.3 Å². The van der Waals surface area contributed by atoms with Gasteiger partial charge < -0.3 is 15.7 Å². The van der Waals surface area contributed by atoms with Crippen molar-refractivity contribution in [3.05, 3.63) is 28.3 Å². The van der Waals surface area contributed by atoms with Crippen LogP contribution < -0.4 is 10.6 Å². The number of amides is 1. The Morgan fingerprint density at radius 3 is 3.00 bits per heavy atom. The maximum absolute atomic E-state index is 11.8. The third kappa shape index (κ3) is 3.67. The number of benzene rings is 1. The van der Waals surface area contributed by atoms with E-state index in [1.54, 1.807) is 0 Å². The van der Waals surface area contributed by atoms with Gasteiger partial charge in [-0.3, -0.25) is 14.9 Å². The van der Waals surface area contributed by atoms with Gasteiger partial charge in [0.05, 0.1) is 11.0 Å². The third-order valence-electron chi connectivity index (χ3n) is 3.39. The second-order valence-corrected chi connectivity index (χ2v) is 4.90. The Labute approximate surface area is 116 Å². The van der Waals surface area contributed by atoms with Crippen molar-refractivity contribution in [3.63, 3.8) is 0 Å². The molecule has 1 amide bonds. The van der Waals surface area contributed by atoms with Crippen LogP contribution in [-0.2, 0) is 4.79 Å². The normalized spacial score (nSPS) is 17.9. The van der Waals surface area contributed by atoms with Gasteiger partial charge in [0, 0.05) is 6.42 Å². The lowest BCUT2D eigenvalue weighted by atomic mass is 10.0. The number of carbonyl (C=O) groups excluding carboxylic acids is 1. The van der Waals surface area contributed by atoms with Gasteiger partial charge in [0.2, 0.25) is 5.91 Å². The summed E-state index contributed by atoms with van der Waals surface area (Å²) in [5.74, 6) is 0.0490. The van der Waals surface area contributed by atoms with Crippen LogP contribution in [0, 0.1) is 16.0 Å². The molecule has 1 aromatic rings. The molecular formula is C13H17N3O4. The highest BCUT2D eigenvalue weighted by Crippen LogP contribution is 2.28. The summed E-state index contributed by atoms with van der Waals surface area (Å²) >= 11 is 0. The van der Waals surface area contributed by atoms with E-state index in [1.165, 1.54) is 12.1 Å². The largest absolute Gasteiger partial charge is 0.508 e. The van der Waals surface area contributed by atoms with Crippen LogP contribution in [0.5, 0.6) is 5.75 Å². The number of rotatable bonds is 5. The second kappa shape index (κ2) is 6.33. The molecule has 1 aliphatic rings. The third-order valence-corrected chi connectivity index (χ3v) is 3.39. The Morgan fingerprint density at radius 1 is 1.55 bits per heavy atom. The molecule has 1 fully saturated rings. The first kappa shape index (κ1) is 14.3. The van der Waals surface area contributed by atoms with E-state index in [-0.39, 0.29) is 23.0 Å². The SMILES string of the molecule is O=C(CCC1CCNC1)Nc1ccc(O)cc1[N+](=O)[O-]. The average Bonchev–Trinajstić information content (AvgIpc) is 2.91. The van der Waals surface area contributed by atoms with E-state index < -0.39 is 4.92 Å². The van der Waals surface area contributed by atoms with Crippen molar-refractivity contribution < 1.29 is 14.8 Å². The van der Waals surface area contributed by atoms with Crippen molar-refractivity contribution in [1.82, 2.24) is 5.32 Å². The Morgan fingerprint density at radius 2 is 2.35 bits per heavy atom. The van der Waals surface area contributed by atoms with Crippen LogP contribution in [0.1, 0.15) is 19.3 Å². The molecule has 1 heterocycles. The molecule has 7 nitrogen and oxygen atoms in total. The van der Waals surface area contributed by atoms with Crippen molar-refractivity contribution in [2.45, 2.75) is 19.3 Å². The van der Waals surface area contributed by atoms with Gasteiger partial charge in [0.15, 0.2) is 0 Å². The number of hydrogen-bond donors (Lipinski definition) is 3. The molecule has 0 aromatic heterocycles. The monoisotopic (exact) mass is 279 g/mol. The molecule has 0 radical (unpaired) electrons. The van der Waals surface area contributed by atoms with Crippen molar-refractivity contribution in [2.75, 3.05) is 18.4 Å². The van der Waals surface area contributed by atoms with E-state index in [9.17, 15) is 20.0 Å². The molecule has 0 bridgehead atoms. The molecule has 108 valence electrons. The number of carbonyl (C=O) groups is 1. The second-order valence-electron chi connectivity index (χ2n) is 4.90. The fourth-order valence-electron chi connectivity index (χ4n) is 2.29. The first-order chi connectivity index (χ1) is 9.56. The highest BCUT2D eigenvalue weighted by molar-refractivity contribution is 5.93. The van der Waals surface area contributed by atoms with Gasteiger partial charge in [-0.05, 0) is 44.0 Å². The molecule has 3 N–H and O–H groups in total. The van der Waals surface area contributed by atoms with Gasteiger partial charge in [-0.2, -0.15) is 0 Å². The van der Waals surface area contributed by atoms with Crippen LogP contribution in [0.3, 0.4) is 0 Å². The van der Waals surface area contributed by atoms with Gasteiger partial charge in [-0.25, -0.2) is 0 Å². The summed E-state index contributed by atoms with van der Waals surface area (Å²) in [6.45, 7) is 1.91. The highest BCUT2D eigenvalue weighted by atomic mass is 16.6. The fourth-order valence-corrected chi connectivity index (χ4v) is 2.29. The van der Waals surface area contributed by atoms with E-state index in [1.807, 2.05) is 0 Å². The van der Waals surface area contributed by atoms with Gasteiger partial charge in [0.1, 0.15) is 11.4 Å². The Bertz CT molecular complexity index is 512. The molecule has 7 heteroatoms. The average molecular weight is 279 g/mol. The first-order valence-corrected chi connectivity index (χ1v) is 6.54. The minimum atomic E-state index is -0.629. The summed E-state index contributed by atoms with van der Waals surface area (Å²) in [4.78, 5) is 22.0. The van der Waals surface area contributed by atoms with Gasteiger partial charge >= 0.3 is 0 Å². The molecule has 0 saturated carbocycles. The molecule has 1 saturated heterocycles. The minimum Gasteiger partial charge on any atom is -0.508 e. The number of aromatic hydroxyl groups is 1. The van der Waals surface area contributed by atoms with Crippen LogP contribution in [-0.4, -0.2) is 29.0 Å². The molecule has 2 rings (SSSR count). The molecule has 1 aliphatic heterocycles. The molecular weight excluding hydrogens is 262 g/mol. The van der Waals surface area contributed by atoms with Gasteiger partial charge in [-0.15, -0.1) is 0 Å². The maximum atomic E-state index is 11.8. The molecule has 0 spiro atoms. The van der Waals surface area contributed by atoms with Crippen LogP contribution in [0.25, 0.3) is 0 Å². The summed E-state index contributed by atoms with van der Waals surface area (Å²) in [7, 11) is 0. The zero-order valence-electron chi connectivity index (χ0n) is 11.0. The number of nitro groups is 1. The van der Waals surface area contributed by atoms with Crippen LogP contribution in [0.2, 0.25) is 0 Å². The predicted octanol–water partition coefficient (Wildman–Crippen LogP) is 1.63. The van der Waals surface area contributed by atoms with E-state index in [0.717, 1.165) is 32.0 Å². The fraction of sp³-hybridized carbons (Fsp3) is 0.462. The lowest BCUT2D eigenvalue weighted by Crippen LogP contribution is -2.15. The number of nitrogens with zero attached hydrogens (tertiary/aromatic N) is 1. The Kier molecular flexibility index (Phi) is 4.52. The number of phenolic OH excluding ortho intramolecular Hbond substituents is 1. The zero-order valence-corrected chi connectivity index (χ0v) is 11.0. The topological polar surface area (TPSA) is 104 Å². The summed E-state index contributed by atoms with van der Waals surface area (Å²) in [5, 5.41) is 25.9. The molecule has 1 aromatic carbocycles. The predicted molar refractivity (Wildman–Crippen MR) is 73.6 cm³/mol. The Balaban J connectivity index is 1.94. The van der Waals surface area contributed by atoms with E-state index in [4.69, 9.17) is 0 Å². The summed E-state index contributed by atoms with van der Waals surface area (Å²) in [6, 6.07) is 3.67. The van der Waals surface area contributed by atoms with Gasteiger partial charge in [-0.1, -0.05) is 0 Å². The summed E-state index contributed by atoms with van der Waals surface area (Å²) in [5.41, 5.74) is -0.191.